The fourth-order valence-electron chi connectivity index (χ4n) is 2.81. The van der Waals surface area contributed by atoms with Gasteiger partial charge in [0.05, 0.1) is 5.69 Å². The number of allylic oxidation sites excluding steroid dienone is 3. The van der Waals surface area contributed by atoms with Gasteiger partial charge in [-0.05, 0) is 67.2 Å². The number of hydrogen-bond donors (Lipinski definition) is 1. The molecule has 1 aliphatic carbocycles. The summed E-state index contributed by atoms with van der Waals surface area (Å²) >= 11 is 0. The highest BCUT2D eigenvalue weighted by Gasteiger charge is 2.17. The van der Waals surface area contributed by atoms with Gasteiger partial charge in [-0.1, -0.05) is 38.1 Å². The minimum Gasteiger partial charge on any atom is -0.353 e. The first kappa shape index (κ1) is 18.1. The van der Waals surface area contributed by atoms with Gasteiger partial charge in [0.2, 0.25) is 0 Å². The summed E-state index contributed by atoms with van der Waals surface area (Å²) in [7, 11) is 0. The Labute approximate surface area is 155 Å². The number of benzene rings is 1. The predicted molar refractivity (Wildman–Crippen MR) is 108 cm³/mol. The third kappa shape index (κ3) is 4.29. The summed E-state index contributed by atoms with van der Waals surface area (Å²) in [4.78, 5) is 4.47. The Morgan fingerprint density at radius 2 is 2.08 bits per heavy atom. The van der Waals surface area contributed by atoms with Crippen LogP contribution in [0.3, 0.4) is 0 Å². The number of anilines is 1. The Kier molecular flexibility index (Phi) is 5.67. The van der Waals surface area contributed by atoms with Crippen LogP contribution >= 0.6 is 0 Å². The Morgan fingerprint density at radius 3 is 2.73 bits per heavy atom. The average molecular weight is 348 g/mol. The van der Waals surface area contributed by atoms with Gasteiger partial charge in [-0.2, -0.15) is 0 Å². The molecule has 2 nitrogen and oxygen atoms in total. The molecule has 0 unspecified atom stereocenters. The largest absolute Gasteiger partial charge is 0.353 e. The van der Waals surface area contributed by atoms with Crippen molar-refractivity contribution >= 4 is 11.8 Å². The SMILES string of the molecule is C=CC(Nc1ccc(-c2cnc(C)c(/C=C\CCC)c2)cc1F)=C1CC1. The van der Waals surface area contributed by atoms with Crippen molar-refractivity contribution < 1.29 is 4.39 Å². The highest BCUT2D eigenvalue weighted by molar-refractivity contribution is 5.70. The van der Waals surface area contributed by atoms with Gasteiger partial charge >= 0.3 is 0 Å². The van der Waals surface area contributed by atoms with Crippen molar-refractivity contribution in [1.82, 2.24) is 4.98 Å². The minimum atomic E-state index is -0.272. The number of nitrogens with zero attached hydrogens (tertiary/aromatic N) is 1. The van der Waals surface area contributed by atoms with Crippen molar-refractivity contribution in [3.05, 3.63) is 77.5 Å². The molecule has 2 aromatic rings. The molecule has 0 spiro atoms. The number of aromatic nitrogens is 1. The van der Waals surface area contributed by atoms with E-state index in [4.69, 9.17) is 0 Å². The zero-order valence-electron chi connectivity index (χ0n) is 15.5. The molecular weight excluding hydrogens is 323 g/mol. The lowest BCUT2D eigenvalue weighted by Gasteiger charge is -2.11. The smallest absolute Gasteiger partial charge is 0.147 e. The van der Waals surface area contributed by atoms with Crippen LogP contribution in [0.1, 0.15) is 43.9 Å². The number of pyridine rings is 1. The zero-order valence-corrected chi connectivity index (χ0v) is 15.5. The molecule has 0 saturated heterocycles. The average Bonchev–Trinajstić information content (AvgIpc) is 3.47. The lowest BCUT2D eigenvalue weighted by atomic mass is 10.0. The molecule has 0 aliphatic heterocycles. The Hall–Kier alpha value is -2.68. The first-order valence-electron chi connectivity index (χ1n) is 9.17. The molecule has 26 heavy (non-hydrogen) atoms. The van der Waals surface area contributed by atoms with Crippen molar-refractivity contribution in [3.63, 3.8) is 0 Å². The summed E-state index contributed by atoms with van der Waals surface area (Å²) in [5.41, 5.74) is 6.50. The topological polar surface area (TPSA) is 24.9 Å². The van der Waals surface area contributed by atoms with Crippen molar-refractivity contribution in [2.75, 3.05) is 5.32 Å². The van der Waals surface area contributed by atoms with Crippen LogP contribution in [0.15, 0.2) is 60.5 Å². The molecule has 1 aliphatic rings. The zero-order chi connectivity index (χ0) is 18.5. The van der Waals surface area contributed by atoms with Crippen molar-refractivity contribution in [2.45, 2.75) is 39.5 Å². The molecule has 0 bridgehead atoms. The van der Waals surface area contributed by atoms with Crippen molar-refractivity contribution in [3.8, 4) is 11.1 Å². The van der Waals surface area contributed by atoms with Gasteiger partial charge in [0.25, 0.3) is 0 Å². The number of unbranched alkanes of at least 4 members (excludes halogenated alkanes) is 1. The maximum atomic E-state index is 14.6. The van der Waals surface area contributed by atoms with E-state index in [1.165, 1.54) is 5.57 Å². The Bertz CT molecular complexity index is 872. The molecular formula is C23H25FN2. The van der Waals surface area contributed by atoms with Gasteiger partial charge in [0.15, 0.2) is 0 Å². The number of aryl methyl sites for hydroxylation is 1. The van der Waals surface area contributed by atoms with E-state index in [1.807, 2.05) is 13.0 Å². The molecule has 0 atom stereocenters. The normalized spacial score (nSPS) is 13.1. The fraction of sp³-hybridized carbons (Fsp3) is 0.261. The van der Waals surface area contributed by atoms with E-state index in [-0.39, 0.29) is 5.82 Å². The van der Waals surface area contributed by atoms with Crippen LogP contribution in [0.25, 0.3) is 17.2 Å². The summed E-state index contributed by atoms with van der Waals surface area (Å²) in [6, 6.07) is 7.34. The molecule has 0 radical (unpaired) electrons. The second kappa shape index (κ2) is 8.13. The monoisotopic (exact) mass is 348 g/mol. The van der Waals surface area contributed by atoms with Crippen LogP contribution in [0.4, 0.5) is 10.1 Å². The number of nitrogens with one attached hydrogen (secondary N) is 1. The summed E-state index contributed by atoms with van der Waals surface area (Å²) in [5.74, 6) is -0.272. The van der Waals surface area contributed by atoms with E-state index in [2.05, 4.69) is 42.0 Å². The van der Waals surface area contributed by atoms with Crippen LogP contribution in [-0.4, -0.2) is 4.98 Å². The maximum Gasteiger partial charge on any atom is 0.147 e. The van der Waals surface area contributed by atoms with Gasteiger partial charge in [-0.15, -0.1) is 0 Å². The van der Waals surface area contributed by atoms with Crippen LogP contribution in [0.5, 0.6) is 0 Å². The lowest BCUT2D eigenvalue weighted by Crippen LogP contribution is -1.99. The van der Waals surface area contributed by atoms with Crippen LogP contribution in [-0.2, 0) is 0 Å². The molecule has 1 aromatic carbocycles. The molecule has 1 saturated carbocycles. The van der Waals surface area contributed by atoms with Crippen molar-refractivity contribution in [2.24, 2.45) is 0 Å². The van der Waals surface area contributed by atoms with E-state index in [0.29, 0.717) is 5.69 Å². The summed E-state index contributed by atoms with van der Waals surface area (Å²) in [6.45, 7) is 7.95. The maximum absolute atomic E-state index is 14.6. The van der Waals surface area contributed by atoms with Gasteiger partial charge in [0, 0.05) is 23.2 Å². The van der Waals surface area contributed by atoms with E-state index < -0.39 is 0 Å². The number of halogens is 1. The van der Waals surface area contributed by atoms with Gasteiger partial charge in [0.1, 0.15) is 5.82 Å². The molecule has 1 fully saturated rings. The van der Waals surface area contributed by atoms with Crippen LogP contribution < -0.4 is 5.32 Å². The molecule has 1 heterocycles. The van der Waals surface area contributed by atoms with E-state index in [9.17, 15) is 4.39 Å². The highest BCUT2D eigenvalue weighted by Crippen LogP contribution is 2.33. The lowest BCUT2D eigenvalue weighted by molar-refractivity contribution is 0.632. The third-order valence-corrected chi connectivity index (χ3v) is 4.54. The van der Waals surface area contributed by atoms with Gasteiger partial charge in [-0.3, -0.25) is 4.98 Å². The van der Waals surface area contributed by atoms with Crippen LogP contribution in [0.2, 0.25) is 0 Å². The first-order chi connectivity index (χ1) is 12.6. The number of hydrogen-bond acceptors (Lipinski definition) is 2. The van der Waals surface area contributed by atoms with Crippen LogP contribution in [0, 0.1) is 12.7 Å². The first-order valence-corrected chi connectivity index (χ1v) is 9.17. The summed E-state index contributed by atoms with van der Waals surface area (Å²) in [5, 5.41) is 3.15. The van der Waals surface area contributed by atoms with E-state index in [0.717, 1.165) is 53.8 Å². The molecule has 134 valence electrons. The summed E-state index contributed by atoms with van der Waals surface area (Å²) in [6.07, 6.45) is 12.1. The summed E-state index contributed by atoms with van der Waals surface area (Å²) < 4.78 is 14.6. The molecule has 1 N–H and O–H groups in total. The van der Waals surface area contributed by atoms with E-state index >= 15 is 0 Å². The van der Waals surface area contributed by atoms with Gasteiger partial charge < -0.3 is 5.32 Å². The Balaban J connectivity index is 1.86. The molecule has 0 amide bonds. The standard InChI is InChI=1S/C23H25FN2/c1-4-6-7-8-18-13-20(15-25-16(18)3)19-11-12-23(21(24)14-19)26-22(5-2)17-9-10-17/h5,7-8,11-15,26H,2,4,6,9-10H2,1,3H3/b8-7-. The minimum absolute atomic E-state index is 0.272. The Morgan fingerprint density at radius 1 is 1.27 bits per heavy atom. The van der Waals surface area contributed by atoms with Gasteiger partial charge in [-0.25, -0.2) is 4.39 Å². The molecule has 3 heteroatoms. The molecule has 1 aromatic heterocycles. The number of rotatable bonds is 7. The second-order valence-electron chi connectivity index (χ2n) is 6.63. The highest BCUT2D eigenvalue weighted by atomic mass is 19.1. The predicted octanol–water partition coefficient (Wildman–Crippen LogP) is 6.66. The van der Waals surface area contributed by atoms with Crippen molar-refractivity contribution in [1.29, 1.82) is 0 Å². The molecule has 3 rings (SSSR count). The second-order valence-corrected chi connectivity index (χ2v) is 6.63. The third-order valence-electron chi connectivity index (χ3n) is 4.54. The quantitative estimate of drug-likeness (QED) is 0.605. The van der Waals surface area contributed by atoms with E-state index in [1.54, 1.807) is 24.4 Å². The fourth-order valence-corrected chi connectivity index (χ4v) is 2.81.